The van der Waals surface area contributed by atoms with E-state index < -0.39 is 5.41 Å². The summed E-state index contributed by atoms with van der Waals surface area (Å²) in [6.45, 7) is 0. The monoisotopic (exact) mass is 826 g/mol. The van der Waals surface area contributed by atoms with Gasteiger partial charge in [0.2, 0.25) is 0 Å². The molecule has 0 radical (unpaired) electrons. The number of rotatable bonds is 7. The van der Waals surface area contributed by atoms with Crippen LogP contribution < -0.4 is 4.90 Å². The van der Waals surface area contributed by atoms with Crippen LogP contribution >= 0.6 is 0 Å². The van der Waals surface area contributed by atoms with Crippen molar-refractivity contribution >= 4 is 60.4 Å². The fourth-order valence-corrected chi connectivity index (χ4v) is 11.0. The Labute approximate surface area is 378 Å². The van der Waals surface area contributed by atoms with Gasteiger partial charge in [-0.2, -0.15) is 0 Å². The van der Waals surface area contributed by atoms with Crippen molar-refractivity contribution in [2.24, 2.45) is 0 Å². The first-order valence-electron chi connectivity index (χ1n) is 22.5. The first-order chi connectivity index (χ1) is 32.3. The number of para-hydroxylation sites is 1. The second kappa shape index (κ2) is 14.8. The molecule has 0 N–H and O–H groups in total. The topological polar surface area (TPSA) is 8.17 Å². The van der Waals surface area contributed by atoms with Gasteiger partial charge in [-0.25, -0.2) is 0 Å². The standard InChI is InChI=1S/C63H42N2/c1-5-18-43(19-6-1)46-33-36-54-55-38-34-50(41-59(55)63(58(54)40-46,47-23-7-2-8-24-47)48-25-9-3-10-26-48)64(60-31-17-22-44-20-13-15-29-52(44)60)51-35-39-56-57-37-32-45-21-14-16-30-53(45)62(57)65(61(56)42-51)49-27-11-4-12-28-49/h1-42H. The van der Waals surface area contributed by atoms with Crippen LogP contribution in [0.4, 0.5) is 17.1 Å². The molecule has 1 aliphatic rings. The Kier molecular flexibility index (Phi) is 8.47. The van der Waals surface area contributed by atoms with Crippen molar-refractivity contribution in [2.75, 3.05) is 4.90 Å². The Morgan fingerprint density at radius 3 is 1.60 bits per heavy atom. The molecule has 0 spiro atoms. The highest BCUT2D eigenvalue weighted by Crippen LogP contribution is 2.58. The van der Waals surface area contributed by atoms with Gasteiger partial charge >= 0.3 is 0 Å². The molecule has 65 heavy (non-hydrogen) atoms. The van der Waals surface area contributed by atoms with E-state index in [4.69, 9.17) is 0 Å². The van der Waals surface area contributed by atoms with E-state index in [1.807, 2.05) is 0 Å². The number of fused-ring (bicyclic) bond motifs is 9. The van der Waals surface area contributed by atoms with Crippen LogP contribution in [0.1, 0.15) is 22.3 Å². The van der Waals surface area contributed by atoms with Crippen molar-refractivity contribution in [1.29, 1.82) is 0 Å². The van der Waals surface area contributed by atoms with E-state index in [1.165, 1.54) is 82.3 Å². The molecule has 0 aliphatic heterocycles. The normalized spacial score (nSPS) is 12.7. The molecule has 2 nitrogen and oxygen atoms in total. The molecular weight excluding hydrogens is 785 g/mol. The molecule has 0 bridgehead atoms. The second-order valence-electron chi connectivity index (χ2n) is 17.2. The lowest BCUT2D eigenvalue weighted by Gasteiger charge is -2.35. The van der Waals surface area contributed by atoms with E-state index >= 15 is 0 Å². The first-order valence-corrected chi connectivity index (χ1v) is 22.5. The number of nitrogens with zero attached hydrogens (tertiary/aromatic N) is 2. The molecule has 0 amide bonds. The largest absolute Gasteiger partial charge is 0.310 e. The number of hydrogen-bond donors (Lipinski definition) is 0. The predicted molar refractivity (Wildman–Crippen MR) is 273 cm³/mol. The molecule has 1 heterocycles. The maximum Gasteiger partial charge on any atom is 0.0714 e. The highest BCUT2D eigenvalue weighted by Gasteiger charge is 2.46. The lowest BCUT2D eigenvalue weighted by Crippen LogP contribution is -2.28. The van der Waals surface area contributed by atoms with E-state index in [2.05, 4.69) is 264 Å². The van der Waals surface area contributed by atoms with E-state index in [9.17, 15) is 0 Å². The minimum Gasteiger partial charge on any atom is -0.310 e. The average molecular weight is 827 g/mol. The van der Waals surface area contributed by atoms with Crippen LogP contribution in [0, 0.1) is 0 Å². The zero-order valence-corrected chi connectivity index (χ0v) is 35.6. The molecule has 1 aliphatic carbocycles. The van der Waals surface area contributed by atoms with E-state index in [-0.39, 0.29) is 0 Å². The van der Waals surface area contributed by atoms with Gasteiger partial charge in [-0.1, -0.05) is 206 Å². The van der Waals surface area contributed by atoms with Crippen LogP contribution in [0.3, 0.4) is 0 Å². The summed E-state index contributed by atoms with van der Waals surface area (Å²) in [5, 5.41) is 7.33. The van der Waals surface area contributed by atoms with Gasteiger partial charge in [-0.3, -0.25) is 0 Å². The Balaban J connectivity index is 1.11. The van der Waals surface area contributed by atoms with Crippen LogP contribution in [-0.4, -0.2) is 4.57 Å². The highest BCUT2D eigenvalue weighted by atomic mass is 15.1. The maximum absolute atomic E-state index is 2.49. The zero-order valence-electron chi connectivity index (χ0n) is 35.6. The van der Waals surface area contributed by atoms with Gasteiger partial charge in [0.05, 0.1) is 22.1 Å². The van der Waals surface area contributed by atoms with Crippen molar-refractivity contribution in [3.63, 3.8) is 0 Å². The van der Waals surface area contributed by atoms with E-state index in [0.29, 0.717) is 0 Å². The summed E-state index contributed by atoms with van der Waals surface area (Å²) in [5.74, 6) is 0. The van der Waals surface area contributed by atoms with Crippen LogP contribution in [0.15, 0.2) is 255 Å². The molecule has 0 saturated heterocycles. The Bertz CT molecular complexity index is 3710. The Morgan fingerprint density at radius 2 is 0.877 bits per heavy atom. The SMILES string of the molecule is c1ccc(-c2ccc3c(c2)C(c2ccccc2)(c2ccccc2)c2cc(N(c4ccc5c6ccc7ccccc7c6n(-c6ccccc6)c5c4)c4cccc5ccccc45)ccc2-3)cc1. The number of benzene rings is 11. The van der Waals surface area contributed by atoms with Gasteiger partial charge in [0.15, 0.2) is 0 Å². The smallest absolute Gasteiger partial charge is 0.0714 e. The number of hydrogen-bond acceptors (Lipinski definition) is 1. The molecule has 11 aromatic carbocycles. The van der Waals surface area contributed by atoms with Crippen LogP contribution in [-0.2, 0) is 5.41 Å². The van der Waals surface area contributed by atoms with Crippen molar-refractivity contribution in [3.8, 4) is 27.9 Å². The summed E-state index contributed by atoms with van der Waals surface area (Å²) in [5.41, 5.74) is 16.2. The Morgan fingerprint density at radius 1 is 0.338 bits per heavy atom. The molecule has 2 heteroatoms. The molecule has 304 valence electrons. The zero-order chi connectivity index (χ0) is 42.9. The van der Waals surface area contributed by atoms with Crippen LogP contribution in [0.2, 0.25) is 0 Å². The van der Waals surface area contributed by atoms with Gasteiger partial charge in [0.25, 0.3) is 0 Å². The van der Waals surface area contributed by atoms with E-state index in [0.717, 1.165) is 28.3 Å². The molecular formula is C63H42N2. The van der Waals surface area contributed by atoms with Crippen molar-refractivity contribution in [1.82, 2.24) is 4.57 Å². The number of anilines is 3. The fraction of sp³-hybridized carbons (Fsp3) is 0.0159. The molecule has 1 aromatic heterocycles. The third-order valence-electron chi connectivity index (χ3n) is 13.8. The van der Waals surface area contributed by atoms with Gasteiger partial charge in [0.1, 0.15) is 0 Å². The first kappa shape index (κ1) is 37.1. The minimum atomic E-state index is -0.594. The van der Waals surface area contributed by atoms with Crippen molar-refractivity contribution in [2.45, 2.75) is 5.41 Å². The minimum absolute atomic E-state index is 0.594. The van der Waals surface area contributed by atoms with E-state index in [1.54, 1.807) is 0 Å². The van der Waals surface area contributed by atoms with Crippen LogP contribution in [0.25, 0.3) is 71.3 Å². The number of aromatic nitrogens is 1. The lowest BCUT2D eigenvalue weighted by molar-refractivity contribution is 0.768. The van der Waals surface area contributed by atoms with Crippen molar-refractivity contribution < 1.29 is 0 Å². The highest BCUT2D eigenvalue weighted by molar-refractivity contribution is 6.19. The molecule has 13 rings (SSSR count). The predicted octanol–water partition coefficient (Wildman–Crippen LogP) is 16.6. The Hall–Kier alpha value is -8.46. The van der Waals surface area contributed by atoms with Crippen LogP contribution in [0.5, 0.6) is 0 Å². The third-order valence-corrected chi connectivity index (χ3v) is 13.8. The fourth-order valence-electron chi connectivity index (χ4n) is 11.0. The lowest BCUT2D eigenvalue weighted by atomic mass is 9.67. The summed E-state index contributed by atoms with van der Waals surface area (Å²) >= 11 is 0. The van der Waals surface area contributed by atoms with Gasteiger partial charge < -0.3 is 9.47 Å². The second-order valence-corrected chi connectivity index (χ2v) is 17.2. The third kappa shape index (κ3) is 5.67. The summed E-state index contributed by atoms with van der Waals surface area (Å²) in [6.07, 6.45) is 0. The molecule has 0 atom stereocenters. The molecule has 0 saturated carbocycles. The summed E-state index contributed by atoms with van der Waals surface area (Å²) in [4.78, 5) is 2.49. The summed E-state index contributed by atoms with van der Waals surface area (Å²) in [6, 6.07) is 94.1. The quantitative estimate of drug-likeness (QED) is 0.155. The van der Waals surface area contributed by atoms with Gasteiger partial charge in [-0.05, 0) is 104 Å². The van der Waals surface area contributed by atoms with Gasteiger partial charge in [0, 0.05) is 38.6 Å². The maximum atomic E-state index is 2.49. The average Bonchev–Trinajstić information content (AvgIpc) is 3.87. The molecule has 0 fully saturated rings. The summed E-state index contributed by atoms with van der Waals surface area (Å²) < 4.78 is 2.47. The van der Waals surface area contributed by atoms with Gasteiger partial charge in [-0.15, -0.1) is 0 Å². The molecule has 0 unspecified atom stereocenters. The summed E-state index contributed by atoms with van der Waals surface area (Å²) in [7, 11) is 0. The van der Waals surface area contributed by atoms with Crippen molar-refractivity contribution in [3.05, 3.63) is 277 Å². The molecule has 12 aromatic rings.